The highest BCUT2D eigenvalue weighted by molar-refractivity contribution is 5.91. The maximum atomic E-state index is 12.7. The summed E-state index contributed by atoms with van der Waals surface area (Å²) in [6, 6.07) is -2.99. The van der Waals surface area contributed by atoms with E-state index in [1.54, 1.807) is 0 Å². The van der Waals surface area contributed by atoms with Gasteiger partial charge in [-0.15, -0.1) is 0 Å². The number of amides is 2. The van der Waals surface area contributed by atoms with Crippen LogP contribution in [0.15, 0.2) is 17.5 Å². The molecule has 12 N–H and O–H groups in total. The lowest BCUT2D eigenvalue weighted by Crippen LogP contribution is -2.54. The molecule has 0 aromatic carbocycles. The number of nitrogens with two attached hydrogens (primary N) is 4. The number of hydrogen-bond donors (Lipinski definition) is 8. The van der Waals surface area contributed by atoms with Crippen molar-refractivity contribution in [2.45, 2.75) is 56.7 Å². The van der Waals surface area contributed by atoms with Crippen molar-refractivity contribution in [3.8, 4) is 0 Å². The number of H-pyrrole nitrogens is 1. The molecule has 0 saturated heterocycles. The third-order valence-corrected chi connectivity index (χ3v) is 4.48. The van der Waals surface area contributed by atoms with Crippen molar-refractivity contribution in [2.24, 2.45) is 27.9 Å². The quantitative estimate of drug-likeness (QED) is 0.0817. The number of carbonyl (C=O) groups excluding carboxylic acids is 2. The highest BCUT2D eigenvalue weighted by Gasteiger charge is 2.28. The number of carboxylic acids is 1. The molecule has 13 nitrogen and oxygen atoms in total. The van der Waals surface area contributed by atoms with Crippen molar-refractivity contribution in [3.05, 3.63) is 18.2 Å². The fourth-order valence-corrected chi connectivity index (χ4v) is 2.78. The molecule has 0 aliphatic rings. The average Bonchev–Trinajstić information content (AvgIpc) is 3.22. The largest absolute Gasteiger partial charge is 0.480 e. The number of hydrogen-bond acceptors (Lipinski definition) is 7. The number of rotatable bonds is 15. The maximum Gasteiger partial charge on any atom is 0.326 e. The molecule has 3 atom stereocenters. The van der Waals surface area contributed by atoms with Gasteiger partial charge in [-0.25, -0.2) is 9.78 Å². The highest BCUT2D eigenvalue weighted by Crippen LogP contribution is 2.05. The van der Waals surface area contributed by atoms with Crippen LogP contribution >= 0.6 is 0 Å². The molecule has 1 aromatic rings. The Morgan fingerprint density at radius 1 is 1.10 bits per heavy atom. The summed E-state index contributed by atoms with van der Waals surface area (Å²) in [5.74, 6) is -2.37. The minimum Gasteiger partial charge on any atom is -0.480 e. The number of nitrogens with zero attached hydrogens (tertiary/aromatic N) is 2. The molecule has 1 heterocycles. The van der Waals surface area contributed by atoms with E-state index in [1.165, 1.54) is 12.5 Å². The van der Waals surface area contributed by atoms with Gasteiger partial charge in [0.25, 0.3) is 0 Å². The number of guanidine groups is 1. The monoisotopic (exact) mass is 439 g/mol. The van der Waals surface area contributed by atoms with Crippen molar-refractivity contribution < 1.29 is 19.5 Å². The van der Waals surface area contributed by atoms with E-state index < -0.39 is 35.9 Å². The van der Waals surface area contributed by atoms with Gasteiger partial charge in [-0.2, -0.15) is 0 Å². The van der Waals surface area contributed by atoms with Crippen LogP contribution in [0.4, 0.5) is 0 Å². The second-order valence-corrected chi connectivity index (χ2v) is 7.08. The van der Waals surface area contributed by atoms with Gasteiger partial charge in [0.1, 0.15) is 12.1 Å². The van der Waals surface area contributed by atoms with Gasteiger partial charge in [0.15, 0.2) is 5.96 Å². The molecule has 0 bridgehead atoms. The van der Waals surface area contributed by atoms with E-state index in [0.29, 0.717) is 50.9 Å². The van der Waals surface area contributed by atoms with Crippen molar-refractivity contribution in [1.82, 2.24) is 20.6 Å². The average molecular weight is 440 g/mol. The second kappa shape index (κ2) is 13.9. The molecule has 0 saturated carbocycles. The maximum absolute atomic E-state index is 12.7. The SMILES string of the molecule is NCCCC[C@H](NC(=O)[C@@H](N)CCCN=C(N)N)C(=O)N[C@@H](Cc1cnc[nH]1)C(=O)O. The number of carboxylic acid groups (broad SMARTS) is 1. The first-order valence-electron chi connectivity index (χ1n) is 10.1. The molecule has 0 unspecified atom stereocenters. The van der Waals surface area contributed by atoms with Crippen LogP contribution in [-0.4, -0.2) is 70.0 Å². The number of aromatic amines is 1. The van der Waals surface area contributed by atoms with Crippen molar-refractivity contribution in [3.63, 3.8) is 0 Å². The zero-order valence-corrected chi connectivity index (χ0v) is 17.4. The first-order valence-corrected chi connectivity index (χ1v) is 10.1. The van der Waals surface area contributed by atoms with Gasteiger partial charge in [-0.05, 0) is 38.6 Å². The predicted octanol–water partition coefficient (Wildman–Crippen LogP) is -2.48. The molecular formula is C18H33N9O4. The molecule has 2 amide bonds. The lowest BCUT2D eigenvalue weighted by Gasteiger charge is -2.23. The topological polar surface area (TPSA) is 241 Å². The van der Waals surface area contributed by atoms with E-state index in [2.05, 4.69) is 25.6 Å². The van der Waals surface area contributed by atoms with Crippen molar-refractivity contribution >= 4 is 23.7 Å². The predicted molar refractivity (Wildman–Crippen MR) is 115 cm³/mol. The third-order valence-electron chi connectivity index (χ3n) is 4.48. The summed E-state index contributed by atoms with van der Waals surface area (Å²) in [4.78, 5) is 47.2. The zero-order chi connectivity index (χ0) is 23.2. The van der Waals surface area contributed by atoms with Crippen LogP contribution in [0.1, 0.15) is 37.8 Å². The molecule has 31 heavy (non-hydrogen) atoms. The number of aliphatic carboxylic acids is 1. The Morgan fingerprint density at radius 2 is 1.81 bits per heavy atom. The molecule has 1 aromatic heterocycles. The summed E-state index contributed by atoms with van der Waals surface area (Å²) in [6.07, 6.45) is 5.25. The molecule has 0 aliphatic heterocycles. The normalized spacial score (nSPS) is 13.6. The molecule has 0 spiro atoms. The molecule has 0 fully saturated rings. The summed E-state index contributed by atoms with van der Waals surface area (Å²) in [5.41, 5.74) is 22.4. The molecule has 0 radical (unpaired) electrons. The number of nitrogens with one attached hydrogen (secondary N) is 3. The Hall–Kier alpha value is -3.19. The Labute approximate surface area is 180 Å². The zero-order valence-electron chi connectivity index (χ0n) is 17.4. The van der Waals surface area contributed by atoms with Gasteiger partial charge in [-0.1, -0.05) is 0 Å². The Bertz CT molecular complexity index is 720. The minimum atomic E-state index is -1.20. The Kier molecular flexibility index (Phi) is 11.6. The second-order valence-electron chi connectivity index (χ2n) is 7.08. The van der Waals surface area contributed by atoms with E-state index in [9.17, 15) is 19.5 Å². The summed E-state index contributed by atoms with van der Waals surface area (Å²) < 4.78 is 0. The van der Waals surface area contributed by atoms with E-state index in [4.69, 9.17) is 22.9 Å². The van der Waals surface area contributed by atoms with Crippen LogP contribution in [0.5, 0.6) is 0 Å². The van der Waals surface area contributed by atoms with Gasteiger partial charge in [0.2, 0.25) is 11.8 Å². The van der Waals surface area contributed by atoms with Crippen LogP contribution < -0.4 is 33.6 Å². The number of aliphatic imine (C=N–C) groups is 1. The summed E-state index contributed by atoms with van der Waals surface area (Å²) in [5, 5.41) is 14.5. The van der Waals surface area contributed by atoms with Crippen LogP contribution in [0, 0.1) is 0 Å². The number of carbonyl (C=O) groups is 3. The van der Waals surface area contributed by atoms with E-state index in [0.717, 1.165) is 0 Å². The van der Waals surface area contributed by atoms with Gasteiger partial charge >= 0.3 is 5.97 Å². The molecule has 0 aliphatic carbocycles. The molecule has 1 rings (SSSR count). The van der Waals surface area contributed by atoms with E-state index >= 15 is 0 Å². The van der Waals surface area contributed by atoms with Crippen LogP contribution in [0.25, 0.3) is 0 Å². The summed E-state index contributed by atoms with van der Waals surface area (Å²) in [7, 11) is 0. The van der Waals surface area contributed by atoms with Gasteiger partial charge < -0.3 is 43.7 Å². The molecule has 174 valence electrons. The number of unbranched alkanes of at least 4 members (excludes halogenated alkanes) is 1. The Morgan fingerprint density at radius 3 is 2.39 bits per heavy atom. The third kappa shape index (κ3) is 10.4. The fraction of sp³-hybridized carbons (Fsp3) is 0.611. The van der Waals surface area contributed by atoms with E-state index in [1.807, 2.05) is 0 Å². The van der Waals surface area contributed by atoms with Crippen LogP contribution in [0.3, 0.4) is 0 Å². The Balaban J connectivity index is 2.71. The summed E-state index contributed by atoms with van der Waals surface area (Å²) in [6.45, 7) is 0.766. The van der Waals surface area contributed by atoms with Crippen LogP contribution in [-0.2, 0) is 20.8 Å². The number of imidazole rings is 1. The lowest BCUT2D eigenvalue weighted by molar-refractivity contribution is -0.142. The van der Waals surface area contributed by atoms with E-state index in [-0.39, 0.29) is 12.4 Å². The van der Waals surface area contributed by atoms with Gasteiger partial charge in [-0.3, -0.25) is 14.6 Å². The van der Waals surface area contributed by atoms with Crippen molar-refractivity contribution in [1.29, 1.82) is 0 Å². The standard InChI is InChI=1S/C18H33N9O4/c19-6-2-1-5-13(26-15(28)12(20)4-3-7-24-18(21)22)16(29)27-14(17(30)31)8-11-9-23-10-25-11/h9-10,12-14H,1-8,19-20H2,(H,23,25)(H,26,28)(H,27,29)(H,30,31)(H4,21,22,24)/t12-,13-,14-/m0/s1. The smallest absolute Gasteiger partial charge is 0.326 e. The lowest BCUT2D eigenvalue weighted by atomic mass is 10.1. The minimum absolute atomic E-state index is 0.0227. The first-order chi connectivity index (χ1) is 14.7. The number of aromatic nitrogens is 2. The fourth-order valence-electron chi connectivity index (χ4n) is 2.78. The molecule has 13 heteroatoms. The first kappa shape index (κ1) is 25.8. The molecular weight excluding hydrogens is 406 g/mol. The highest BCUT2D eigenvalue weighted by atomic mass is 16.4. The van der Waals surface area contributed by atoms with Crippen molar-refractivity contribution in [2.75, 3.05) is 13.1 Å². The van der Waals surface area contributed by atoms with Gasteiger partial charge in [0.05, 0.1) is 12.4 Å². The van der Waals surface area contributed by atoms with Crippen LogP contribution in [0.2, 0.25) is 0 Å². The van der Waals surface area contributed by atoms with Gasteiger partial charge in [0, 0.05) is 24.9 Å². The summed E-state index contributed by atoms with van der Waals surface area (Å²) >= 11 is 0.